The largest absolute Gasteiger partial charge is 0.389 e. The van der Waals surface area contributed by atoms with Gasteiger partial charge in [0, 0.05) is 17.8 Å². The van der Waals surface area contributed by atoms with Crippen molar-refractivity contribution in [2.24, 2.45) is 5.73 Å². The van der Waals surface area contributed by atoms with E-state index in [0.29, 0.717) is 5.82 Å². The van der Waals surface area contributed by atoms with E-state index < -0.39 is 12.2 Å². The van der Waals surface area contributed by atoms with Crippen molar-refractivity contribution in [3.05, 3.63) is 48.7 Å². The summed E-state index contributed by atoms with van der Waals surface area (Å²) < 4.78 is 2.99. The number of aromatic nitrogens is 3. The third kappa shape index (κ3) is 3.15. The number of hydrogen-bond acceptors (Lipinski definition) is 7. The molecule has 4 aromatic rings. The second-order valence-electron chi connectivity index (χ2n) is 6.03. The minimum Gasteiger partial charge on any atom is -0.389 e. The first-order valence-electron chi connectivity index (χ1n) is 8.29. The summed E-state index contributed by atoms with van der Waals surface area (Å²) in [6, 6.07) is 14.0. The number of benzene rings is 1. The molecule has 2 atom stereocenters. The zero-order valence-corrected chi connectivity index (χ0v) is 14.7. The van der Waals surface area contributed by atoms with Crippen LogP contribution in [-0.2, 0) is 0 Å². The number of rotatable bonds is 6. The summed E-state index contributed by atoms with van der Waals surface area (Å²) in [6.07, 6.45) is -0.111. The highest BCUT2D eigenvalue weighted by Gasteiger charge is 2.15. The molecule has 1 aromatic carbocycles. The average molecular weight is 369 g/mol. The maximum atomic E-state index is 9.83. The summed E-state index contributed by atoms with van der Waals surface area (Å²) in [6.45, 7) is 0.163. The summed E-state index contributed by atoms with van der Waals surface area (Å²) >= 11 is 1.69. The second kappa shape index (κ2) is 7.00. The normalized spacial score (nSPS) is 14.0. The Balaban J connectivity index is 1.64. The van der Waals surface area contributed by atoms with Crippen molar-refractivity contribution in [1.29, 1.82) is 0 Å². The molecule has 0 bridgehead atoms. The van der Waals surface area contributed by atoms with Crippen molar-refractivity contribution in [2.75, 3.05) is 18.4 Å². The van der Waals surface area contributed by atoms with Crippen LogP contribution < -0.4 is 11.1 Å². The van der Waals surface area contributed by atoms with E-state index in [4.69, 9.17) is 5.73 Å². The second-order valence-corrected chi connectivity index (χ2v) is 7.12. The number of nitrogens with zero attached hydrogens (tertiary/aromatic N) is 3. The monoisotopic (exact) mass is 369 g/mol. The highest BCUT2D eigenvalue weighted by Crippen LogP contribution is 2.33. The van der Waals surface area contributed by atoms with Gasteiger partial charge in [0.1, 0.15) is 11.5 Å². The van der Waals surface area contributed by atoms with E-state index in [1.165, 1.54) is 10.1 Å². The Morgan fingerprint density at radius 1 is 1.15 bits per heavy atom. The van der Waals surface area contributed by atoms with Crippen molar-refractivity contribution >= 4 is 32.9 Å². The topological polar surface area (TPSA) is 109 Å². The van der Waals surface area contributed by atoms with Crippen LogP contribution in [0.15, 0.2) is 48.7 Å². The molecular formula is C18H19N5O2S. The van der Waals surface area contributed by atoms with Crippen molar-refractivity contribution in [2.45, 2.75) is 12.2 Å². The molecule has 0 saturated carbocycles. The summed E-state index contributed by atoms with van der Waals surface area (Å²) in [5, 5.41) is 28.2. The Bertz CT molecular complexity index is 1010. The summed E-state index contributed by atoms with van der Waals surface area (Å²) in [4.78, 5) is 5.50. The van der Waals surface area contributed by atoms with Crippen molar-refractivity contribution in [3.8, 4) is 10.6 Å². The Morgan fingerprint density at radius 2 is 2.00 bits per heavy atom. The van der Waals surface area contributed by atoms with Crippen LogP contribution in [0.25, 0.3) is 26.3 Å². The predicted molar refractivity (Wildman–Crippen MR) is 103 cm³/mol. The molecule has 2 unspecified atom stereocenters. The number of hydrogen-bond donors (Lipinski definition) is 4. The number of aliphatic hydroxyl groups excluding tert-OH is 2. The molecule has 0 fully saturated rings. The van der Waals surface area contributed by atoms with Crippen LogP contribution in [0.1, 0.15) is 0 Å². The van der Waals surface area contributed by atoms with E-state index in [9.17, 15) is 10.2 Å². The third-order valence-corrected chi connectivity index (χ3v) is 5.36. The average Bonchev–Trinajstić information content (AvgIpc) is 3.28. The van der Waals surface area contributed by atoms with Gasteiger partial charge >= 0.3 is 0 Å². The first-order valence-corrected chi connectivity index (χ1v) is 9.11. The number of aliphatic hydroxyl groups is 2. The minimum atomic E-state index is -0.964. The molecule has 4 rings (SSSR count). The Kier molecular flexibility index (Phi) is 4.56. The smallest absolute Gasteiger partial charge is 0.154 e. The van der Waals surface area contributed by atoms with E-state index >= 15 is 0 Å². The van der Waals surface area contributed by atoms with E-state index in [0.717, 1.165) is 16.2 Å². The van der Waals surface area contributed by atoms with Gasteiger partial charge in [-0.3, -0.25) is 0 Å². The lowest BCUT2D eigenvalue weighted by Crippen LogP contribution is -2.38. The van der Waals surface area contributed by atoms with Gasteiger partial charge in [0.2, 0.25) is 0 Å². The summed E-state index contributed by atoms with van der Waals surface area (Å²) in [5.41, 5.74) is 7.00. The highest BCUT2D eigenvalue weighted by molar-refractivity contribution is 7.22. The zero-order chi connectivity index (χ0) is 18.1. The number of anilines is 1. The van der Waals surface area contributed by atoms with Crippen LogP contribution in [0.5, 0.6) is 0 Å². The lowest BCUT2D eigenvalue weighted by molar-refractivity contribution is 0.0337. The van der Waals surface area contributed by atoms with Crippen LogP contribution >= 0.6 is 11.3 Å². The molecule has 0 spiro atoms. The molecule has 0 aliphatic rings. The van der Waals surface area contributed by atoms with Gasteiger partial charge in [-0.1, -0.05) is 18.2 Å². The van der Waals surface area contributed by atoms with Crippen LogP contribution in [0.3, 0.4) is 0 Å². The Labute approximate surface area is 153 Å². The summed E-state index contributed by atoms with van der Waals surface area (Å²) in [7, 11) is 0. The molecule has 3 heterocycles. The molecular weight excluding hydrogens is 350 g/mol. The SMILES string of the molecule is NCC(O)C(O)CNc1ccc2ncc(-c3cc4ccccc4s3)n2n1. The van der Waals surface area contributed by atoms with Gasteiger partial charge in [-0.25, -0.2) is 9.50 Å². The molecule has 5 N–H and O–H groups in total. The molecule has 0 radical (unpaired) electrons. The van der Waals surface area contributed by atoms with Crippen molar-refractivity contribution in [1.82, 2.24) is 14.6 Å². The van der Waals surface area contributed by atoms with Gasteiger partial charge in [-0.05, 0) is 29.7 Å². The van der Waals surface area contributed by atoms with Crippen molar-refractivity contribution < 1.29 is 10.2 Å². The van der Waals surface area contributed by atoms with Gasteiger partial charge in [-0.15, -0.1) is 16.4 Å². The van der Waals surface area contributed by atoms with E-state index in [1.54, 1.807) is 21.9 Å². The van der Waals surface area contributed by atoms with Gasteiger partial charge in [0.05, 0.1) is 23.3 Å². The van der Waals surface area contributed by atoms with Crippen LogP contribution in [0, 0.1) is 0 Å². The van der Waals surface area contributed by atoms with Gasteiger partial charge < -0.3 is 21.3 Å². The molecule has 0 aliphatic carbocycles. The zero-order valence-electron chi connectivity index (χ0n) is 13.9. The number of thiophene rings is 1. The lowest BCUT2D eigenvalue weighted by atomic mass is 10.2. The van der Waals surface area contributed by atoms with Crippen LogP contribution in [-0.4, -0.2) is 50.1 Å². The maximum Gasteiger partial charge on any atom is 0.154 e. The third-order valence-electron chi connectivity index (χ3n) is 4.22. The molecule has 0 aliphatic heterocycles. The molecule has 0 saturated heterocycles. The van der Waals surface area contributed by atoms with Gasteiger partial charge in [0.15, 0.2) is 5.65 Å². The molecule has 8 heteroatoms. The standard InChI is InChI=1S/C18H19N5O2S/c19-8-13(24)14(25)10-20-17-5-6-18-21-9-12(23(18)22-17)16-7-11-3-1-2-4-15(11)26-16/h1-7,9,13-14,24-25H,8,10,19H2,(H,20,22). The summed E-state index contributed by atoms with van der Waals surface area (Å²) in [5.74, 6) is 0.584. The Morgan fingerprint density at radius 3 is 2.81 bits per heavy atom. The number of fused-ring (bicyclic) bond motifs is 2. The molecule has 26 heavy (non-hydrogen) atoms. The molecule has 0 amide bonds. The van der Waals surface area contributed by atoms with E-state index in [-0.39, 0.29) is 13.1 Å². The van der Waals surface area contributed by atoms with E-state index in [2.05, 4.69) is 33.6 Å². The molecule has 134 valence electrons. The predicted octanol–water partition coefficient (Wildman–Crippen LogP) is 1.70. The first-order chi connectivity index (χ1) is 12.7. The minimum absolute atomic E-state index is 0.00686. The number of nitrogens with two attached hydrogens (primary N) is 1. The Hall–Kier alpha value is -2.52. The van der Waals surface area contributed by atoms with E-state index in [1.807, 2.05) is 24.4 Å². The van der Waals surface area contributed by atoms with Crippen LogP contribution in [0.2, 0.25) is 0 Å². The van der Waals surface area contributed by atoms with Gasteiger partial charge in [0.25, 0.3) is 0 Å². The number of imidazole rings is 1. The maximum absolute atomic E-state index is 9.83. The van der Waals surface area contributed by atoms with Gasteiger partial charge in [-0.2, -0.15) is 0 Å². The molecule has 3 aromatic heterocycles. The number of nitrogens with one attached hydrogen (secondary N) is 1. The lowest BCUT2D eigenvalue weighted by Gasteiger charge is -2.16. The van der Waals surface area contributed by atoms with Crippen LogP contribution in [0.4, 0.5) is 5.82 Å². The fourth-order valence-electron chi connectivity index (χ4n) is 2.75. The van der Waals surface area contributed by atoms with Crippen molar-refractivity contribution in [3.63, 3.8) is 0 Å². The highest BCUT2D eigenvalue weighted by atomic mass is 32.1. The quantitative estimate of drug-likeness (QED) is 0.412. The first kappa shape index (κ1) is 16.9. The fourth-order valence-corrected chi connectivity index (χ4v) is 3.80. The molecule has 7 nitrogen and oxygen atoms in total. The fraction of sp³-hybridized carbons (Fsp3) is 0.222.